The van der Waals surface area contributed by atoms with Crippen LogP contribution in [0.25, 0.3) is 0 Å². The molecule has 0 heterocycles. The fraction of sp³-hybridized carbons (Fsp3) is 0.316. The topological polar surface area (TPSA) is 33.5 Å². The van der Waals surface area contributed by atoms with Crippen LogP contribution < -0.4 is 10.2 Å². The molecule has 1 unspecified atom stereocenters. The average Bonchev–Trinajstić information content (AvgIpc) is 2.57. The zero-order chi connectivity index (χ0) is 17.1. The highest BCUT2D eigenvalue weighted by atomic mass is 19.1. The van der Waals surface area contributed by atoms with Crippen LogP contribution in [0.4, 0.5) is 14.5 Å². The first-order valence-corrected chi connectivity index (χ1v) is 8.20. The minimum Gasteiger partial charge on any atom is -0.323 e. The molecule has 1 amide bonds. The van der Waals surface area contributed by atoms with E-state index in [2.05, 4.69) is 17.4 Å². The Labute approximate surface area is 140 Å². The van der Waals surface area contributed by atoms with E-state index in [9.17, 15) is 13.6 Å². The molecule has 0 radical (unpaired) electrons. The molecule has 126 valence electrons. The second kappa shape index (κ2) is 7.09. The lowest BCUT2D eigenvalue weighted by Gasteiger charge is -2.30. The van der Waals surface area contributed by atoms with E-state index in [-0.39, 0.29) is 24.2 Å². The first-order chi connectivity index (χ1) is 11.6. The van der Waals surface area contributed by atoms with Gasteiger partial charge in [0, 0.05) is 12.0 Å². The molecule has 0 saturated carbocycles. The van der Waals surface area contributed by atoms with Crippen LogP contribution in [0.15, 0.2) is 42.5 Å². The smallest absolute Gasteiger partial charge is 0.279 e. The second-order valence-electron chi connectivity index (χ2n) is 6.31. The van der Waals surface area contributed by atoms with Gasteiger partial charge in [-0.2, -0.15) is 0 Å². The summed E-state index contributed by atoms with van der Waals surface area (Å²) in [5, 5.41) is 2.36. The van der Waals surface area contributed by atoms with Crippen LogP contribution in [-0.4, -0.2) is 19.5 Å². The number of likely N-dealkylation sites (N-methyl/N-ethyl adjacent to an activating group) is 1. The summed E-state index contributed by atoms with van der Waals surface area (Å²) >= 11 is 0. The van der Waals surface area contributed by atoms with Crippen molar-refractivity contribution in [3.63, 3.8) is 0 Å². The van der Waals surface area contributed by atoms with Crippen molar-refractivity contribution in [3.8, 4) is 0 Å². The zero-order valence-electron chi connectivity index (χ0n) is 13.6. The molecule has 2 atom stereocenters. The lowest BCUT2D eigenvalue weighted by Crippen LogP contribution is -3.10. The number of carbonyl (C=O) groups excluding carboxylic acids is 1. The van der Waals surface area contributed by atoms with E-state index in [1.165, 1.54) is 17.2 Å². The van der Waals surface area contributed by atoms with Crippen molar-refractivity contribution < 1.29 is 18.5 Å². The molecule has 24 heavy (non-hydrogen) atoms. The minimum atomic E-state index is -0.760. The number of rotatable bonds is 4. The van der Waals surface area contributed by atoms with Gasteiger partial charge in [0.25, 0.3) is 5.91 Å². The maximum absolute atomic E-state index is 13.6. The van der Waals surface area contributed by atoms with E-state index in [4.69, 9.17) is 0 Å². The number of anilines is 1. The van der Waals surface area contributed by atoms with Crippen molar-refractivity contribution >= 4 is 11.6 Å². The highest BCUT2D eigenvalue weighted by molar-refractivity contribution is 5.91. The van der Waals surface area contributed by atoms with E-state index < -0.39 is 11.6 Å². The predicted molar refractivity (Wildman–Crippen MR) is 88.9 cm³/mol. The molecule has 3 rings (SSSR count). The Morgan fingerprint density at radius 3 is 2.62 bits per heavy atom. The number of halogens is 2. The monoisotopic (exact) mass is 331 g/mol. The number of amides is 1. The SMILES string of the molecule is C[NH+](CC(=O)Nc1c(F)cccc1F)[C@@H]1CCCc2ccccc21. The molecule has 2 aromatic carbocycles. The van der Waals surface area contributed by atoms with E-state index in [0.29, 0.717) is 0 Å². The van der Waals surface area contributed by atoms with Crippen molar-refractivity contribution in [3.05, 3.63) is 65.2 Å². The molecule has 0 spiro atoms. The van der Waals surface area contributed by atoms with Gasteiger partial charge in [0.05, 0.1) is 7.05 Å². The third kappa shape index (κ3) is 3.46. The van der Waals surface area contributed by atoms with Gasteiger partial charge >= 0.3 is 0 Å². The van der Waals surface area contributed by atoms with Gasteiger partial charge in [-0.15, -0.1) is 0 Å². The highest BCUT2D eigenvalue weighted by Crippen LogP contribution is 2.27. The number of carbonyl (C=O) groups is 1. The molecule has 0 aliphatic heterocycles. The Kier molecular flexibility index (Phi) is 4.90. The molecular formula is C19H21F2N2O+. The molecule has 0 saturated heterocycles. The molecule has 1 aliphatic carbocycles. The van der Waals surface area contributed by atoms with Crippen LogP contribution in [-0.2, 0) is 11.2 Å². The number of aryl methyl sites for hydroxylation is 1. The lowest BCUT2D eigenvalue weighted by atomic mass is 9.87. The Bertz CT molecular complexity index is 728. The minimum absolute atomic E-state index is 0.159. The molecule has 0 aromatic heterocycles. The number of benzene rings is 2. The third-order valence-electron chi connectivity index (χ3n) is 4.63. The fourth-order valence-electron chi connectivity index (χ4n) is 3.44. The summed E-state index contributed by atoms with van der Waals surface area (Å²) in [5.41, 5.74) is 2.22. The maximum Gasteiger partial charge on any atom is 0.279 e. The fourth-order valence-corrected chi connectivity index (χ4v) is 3.44. The van der Waals surface area contributed by atoms with Crippen molar-refractivity contribution in [1.29, 1.82) is 0 Å². The molecule has 0 bridgehead atoms. The van der Waals surface area contributed by atoms with E-state index in [0.717, 1.165) is 36.3 Å². The summed E-state index contributed by atoms with van der Waals surface area (Å²) < 4.78 is 27.3. The van der Waals surface area contributed by atoms with Crippen molar-refractivity contribution in [2.45, 2.75) is 25.3 Å². The van der Waals surface area contributed by atoms with E-state index in [1.54, 1.807) is 0 Å². The van der Waals surface area contributed by atoms with Crippen molar-refractivity contribution in [1.82, 2.24) is 0 Å². The van der Waals surface area contributed by atoms with Crippen LogP contribution in [0, 0.1) is 11.6 Å². The van der Waals surface area contributed by atoms with Crippen LogP contribution in [0.1, 0.15) is 30.0 Å². The normalized spacial score (nSPS) is 17.9. The summed E-state index contributed by atoms with van der Waals surface area (Å²) in [7, 11) is 1.95. The molecule has 0 fully saturated rings. The molecule has 2 aromatic rings. The molecule has 2 N–H and O–H groups in total. The van der Waals surface area contributed by atoms with Crippen LogP contribution in [0.2, 0.25) is 0 Å². The Morgan fingerprint density at radius 2 is 1.88 bits per heavy atom. The Morgan fingerprint density at radius 1 is 1.17 bits per heavy atom. The van der Waals surface area contributed by atoms with Crippen LogP contribution in [0.5, 0.6) is 0 Å². The van der Waals surface area contributed by atoms with Crippen LogP contribution in [0.3, 0.4) is 0 Å². The largest absolute Gasteiger partial charge is 0.323 e. The summed E-state index contributed by atoms with van der Waals surface area (Å²) in [6.45, 7) is 0.159. The highest BCUT2D eigenvalue weighted by Gasteiger charge is 2.28. The summed E-state index contributed by atoms with van der Waals surface area (Å²) in [4.78, 5) is 13.2. The van der Waals surface area contributed by atoms with Gasteiger partial charge in [0.1, 0.15) is 23.4 Å². The van der Waals surface area contributed by atoms with Crippen LogP contribution >= 0.6 is 0 Å². The molecule has 3 nitrogen and oxygen atoms in total. The van der Waals surface area contributed by atoms with Gasteiger partial charge in [-0.05, 0) is 30.5 Å². The number of fused-ring (bicyclic) bond motifs is 1. The van der Waals surface area contributed by atoms with Gasteiger partial charge in [-0.25, -0.2) is 8.78 Å². The summed E-state index contributed by atoms with van der Waals surface area (Å²) in [6, 6.07) is 12.0. The Hall–Kier alpha value is -2.27. The third-order valence-corrected chi connectivity index (χ3v) is 4.63. The van der Waals surface area contributed by atoms with Gasteiger partial charge < -0.3 is 10.2 Å². The van der Waals surface area contributed by atoms with Gasteiger partial charge in [-0.3, -0.25) is 4.79 Å². The maximum atomic E-state index is 13.6. The van der Waals surface area contributed by atoms with Gasteiger partial charge in [0.15, 0.2) is 6.54 Å². The quantitative estimate of drug-likeness (QED) is 0.887. The predicted octanol–water partition coefficient (Wildman–Crippen LogP) is 2.50. The summed E-state index contributed by atoms with van der Waals surface area (Å²) in [6.07, 6.45) is 3.15. The van der Waals surface area contributed by atoms with Crippen molar-refractivity contribution in [2.75, 3.05) is 18.9 Å². The Balaban J connectivity index is 1.69. The number of para-hydroxylation sites is 1. The van der Waals surface area contributed by atoms with Crippen molar-refractivity contribution in [2.24, 2.45) is 0 Å². The van der Waals surface area contributed by atoms with Gasteiger partial charge in [-0.1, -0.05) is 30.3 Å². The van der Waals surface area contributed by atoms with E-state index in [1.807, 2.05) is 19.2 Å². The standard InChI is InChI=1S/C19H20F2N2O/c1-23(17-11-4-7-13-6-2-3-8-14(13)17)12-18(24)22-19-15(20)9-5-10-16(19)21/h2-3,5-6,8-10,17H,4,7,11-12H2,1H3,(H,22,24)/p+1/t17-/m1/s1. The number of nitrogens with one attached hydrogen (secondary N) is 2. The molecule has 5 heteroatoms. The lowest BCUT2D eigenvalue weighted by molar-refractivity contribution is -0.905. The zero-order valence-corrected chi connectivity index (χ0v) is 13.6. The first kappa shape index (κ1) is 16.6. The average molecular weight is 331 g/mol. The first-order valence-electron chi connectivity index (χ1n) is 8.20. The number of quaternary nitrogens is 1. The summed E-state index contributed by atoms with van der Waals surface area (Å²) in [5.74, 6) is -1.91. The number of hydrogen-bond acceptors (Lipinski definition) is 1. The van der Waals surface area contributed by atoms with E-state index >= 15 is 0 Å². The number of hydrogen-bond donors (Lipinski definition) is 2. The second-order valence-corrected chi connectivity index (χ2v) is 6.31. The molecule has 1 aliphatic rings. The molecular weight excluding hydrogens is 310 g/mol. The van der Waals surface area contributed by atoms with Gasteiger partial charge in [0.2, 0.25) is 0 Å².